The number of likely N-dealkylation sites (N-methyl/N-ethyl adjacent to an activating group) is 1. The van der Waals surface area contributed by atoms with Crippen molar-refractivity contribution in [1.82, 2.24) is 9.88 Å². The van der Waals surface area contributed by atoms with Crippen molar-refractivity contribution in [3.8, 4) is 0 Å². The van der Waals surface area contributed by atoms with Crippen LogP contribution in [0.1, 0.15) is 51.7 Å². The molecule has 3 atom stereocenters. The summed E-state index contributed by atoms with van der Waals surface area (Å²) in [5, 5.41) is 3.12. The minimum Gasteiger partial charge on any atom is -0.377 e. The van der Waals surface area contributed by atoms with Crippen LogP contribution in [0.5, 0.6) is 0 Å². The van der Waals surface area contributed by atoms with Crippen LogP contribution >= 0.6 is 11.3 Å². The third-order valence-electron chi connectivity index (χ3n) is 5.37. The molecular weight excluding hydrogens is 308 g/mol. The monoisotopic (exact) mass is 336 g/mol. The van der Waals surface area contributed by atoms with E-state index in [0.717, 1.165) is 23.7 Å². The van der Waals surface area contributed by atoms with Gasteiger partial charge in [0.25, 0.3) is 0 Å². The molecule has 0 unspecified atom stereocenters. The Morgan fingerprint density at radius 3 is 2.78 bits per heavy atom. The Bertz CT molecular complexity index is 602. The van der Waals surface area contributed by atoms with Crippen molar-refractivity contribution in [2.45, 2.75) is 65.0 Å². The van der Waals surface area contributed by atoms with Crippen molar-refractivity contribution >= 4 is 17.2 Å². The summed E-state index contributed by atoms with van der Waals surface area (Å²) in [6.45, 7) is 11.7. The zero-order valence-corrected chi connectivity index (χ0v) is 15.9. The number of nitrogens with zero attached hydrogens (tertiary/aromatic N) is 2. The molecule has 1 aliphatic carbocycles. The summed E-state index contributed by atoms with van der Waals surface area (Å²) in [4.78, 5) is 19.3. The molecule has 0 radical (unpaired) electrons. The molecule has 4 nitrogen and oxygen atoms in total. The van der Waals surface area contributed by atoms with E-state index in [0.29, 0.717) is 18.4 Å². The lowest BCUT2D eigenvalue weighted by atomic mass is 9.57. The normalized spacial score (nSPS) is 29.0. The van der Waals surface area contributed by atoms with E-state index in [2.05, 4.69) is 39.6 Å². The van der Waals surface area contributed by atoms with E-state index in [9.17, 15) is 4.79 Å². The van der Waals surface area contributed by atoms with Gasteiger partial charge in [-0.2, -0.15) is 0 Å². The standard InChI is InChI=1S/C18H28N2O2S/c1-17(2,3)16-19-11(10-23-16)9-13(21)20(6)14-12-7-8-22-15(12)18(14,4)5/h10,12,14-15H,7-9H2,1-6H3/t12-,14+,15+/m0/s1. The van der Waals surface area contributed by atoms with Crippen LogP contribution < -0.4 is 0 Å². The summed E-state index contributed by atoms with van der Waals surface area (Å²) < 4.78 is 5.84. The van der Waals surface area contributed by atoms with Gasteiger partial charge < -0.3 is 9.64 Å². The van der Waals surface area contributed by atoms with Crippen molar-refractivity contribution in [2.24, 2.45) is 11.3 Å². The number of carbonyl (C=O) groups is 1. The van der Waals surface area contributed by atoms with Crippen molar-refractivity contribution in [3.63, 3.8) is 0 Å². The summed E-state index contributed by atoms with van der Waals surface area (Å²) in [7, 11) is 1.94. The van der Waals surface area contributed by atoms with Gasteiger partial charge in [-0.15, -0.1) is 11.3 Å². The molecule has 0 bridgehead atoms. The zero-order valence-electron chi connectivity index (χ0n) is 15.0. The molecule has 1 aromatic heterocycles. The van der Waals surface area contributed by atoms with E-state index in [1.54, 1.807) is 11.3 Å². The maximum absolute atomic E-state index is 12.7. The van der Waals surface area contributed by atoms with Gasteiger partial charge in [-0.1, -0.05) is 34.6 Å². The highest BCUT2D eigenvalue weighted by atomic mass is 32.1. The molecule has 5 heteroatoms. The number of ether oxygens (including phenoxy) is 1. The minimum absolute atomic E-state index is 0.0439. The maximum Gasteiger partial charge on any atom is 0.228 e. The first-order chi connectivity index (χ1) is 10.6. The first-order valence-corrected chi connectivity index (χ1v) is 9.32. The van der Waals surface area contributed by atoms with Gasteiger partial charge in [0.05, 0.1) is 23.2 Å². The van der Waals surface area contributed by atoms with Crippen LogP contribution in [0.25, 0.3) is 0 Å². The van der Waals surface area contributed by atoms with Gasteiger partial charge in [0.15, 0.2) is 0 Å². The fourth-order valence-corrected chi connectivity index (χ4v) is 5.16. The lowest BCUT2D eigenvalue weighted by Gasteiger charge is -2.57. The van der Waals surface area contributed by atoms with Crippen LogP contribution in [-0.4, -0.2) is 41.6 Å². The van der Waals surface area contributed by atoms with Crippen LogP contribution in [0.4, 0.5) is 0 Å². The van der Waals surface area contributed by atoms with Crippen LogP contribution in [0.2, 0.25) is 0 Å². The number of fused-ring (bicyclic) bond motifs is 1. The number of hydrogen-bond acceptors (Lipinski definition) is 4. The predicted molar refractivity (Wildman–Crippen MR) is 92.7 cm³/mol. The topological polar surface area (TPSA) is 42.4 Å². The molecule has 1 amide bonds. The summed E-state index contributed by atoms with van der Waals surface area (Å²) >= 11 is 1.65. The Labute approximate surface area is 143 Å². The Morgan fingerprint density at radius 2 is 2.17 bits per heavy atom. The molecular formula is C18H28N2O2S. The van der Waals surface area contributed by atoms with Crippen LogP contribution in [0.3, 0.4) is 0 Å². The second-order valence-electron chi connectivity index (χ2n) is 8.59. The van der Waals surface area contributed by atoms with Gasteiger partial charge in [-0.25, -0.2) is 4.98 Å². The highest BCUT2D eigenvalue weighted by Gasteiger charge is 2.61. The summed E-state index contributed by atoms with van der Waals surface area (Å²) in [5.41, 5.74) is 0.986. The summed E-state index contributed by atoms with van der Waals surface area (Å²) in [6, 6.07) is 0.281. The van der Waals surface area contributed by atoms with Gasteiger partial charge in [-0.05, 0) is 6.42 Å². The zero-order chi connectivity index (χ0) is 17.0. The van der Waals surface area contributed by atoms with E-state index < -0.39 is 0 Å². The molecule has 128 valence electrons. The molecule has 1 aliphatic heterocycles. The van der Waals surface area contributed by atoms with Crippen molar-refractivity contribution in [1.29, 1.82) is 0 Å². The maximum atomic E-state index is 12.7. The predicted octanol–water partition coefficient (Wildman–Crippen LogP) is 3.26. The number of hydrogen-bond donors (Lipinski definition) is 0. The fourth-order valence-electron chi connectivity index (χ4n) is 4.25. The Morgan fingerprint density at radius 1 is 1.48 bits per heavy atom. The number of amides is 1. The number of rotatable bonds is 3. The van der Waals surface area contributed by atoms with Gasteiger partial charge in [0, 0.05) is 41.8 Å². The van der Waals surface area contributed by atoms with Crippen molar-refractivity contribution < 1.29 is 9.53 Å². The molecule has 3 rings (SSSR count). The Kier molecular flexibility index (Phi) is 4.08. The Balaban J connectivity index is 1.68. The minimum atomic E-state index is 0.0439. The molecule has 2 heterocycles. The molecule has 23 heavy (non-hydrogen) atoms. The largest absolute Gasteiger partial charge is 0.377 e. The molecule has 0 N–H and O–H groups in total. The highest BCUT2D eigenvalue weighted by Crippen LogP contribution is 2.54. The smallest absolute Gasteiger partial charge is 0.228 e. The van der Waals surface area contributed by atoms with Crippen molar-refractivity contribution in [3.05, 3.63) is 16.1 Å². The first kappa shape index (κ1) is 16.9. The number of thiazole rings is 1. The summed E-state index contributed by atoms with van der Waals surface area (Å²) in [6.07, 6.45) is 1.78. The van der Waals surface area contributed by atoms with E-state index in [1.165, 1.54) is 0 Å². The van der Waals surface area contributed by atoms with Crippen LogP contribution in [-0.2, 0) is 21.4 Å². The van der Waals surface area contributed by atoms with Crippen LogP contribution in [0.15, 0.2) is 5.38 Å². The molecule has 2 fully saturated rings. The molecule has 0 aromatic carbocycles. The second kappa shape index (κ2) is 5.55. The molecule has 2 aliphatic rings. The Hall–Kier alpha value is -0.940. The molecule has 1 saturated heterocycles. The van der Waals surface area contributed by atoms with E-state index in [4.69, 9.17) is 4.74 Å². The summed E-state index contributed by atoms with van der Waals surface area (Å²) in [5.74, 6) is 0.665. The van der Waals surface area contributed by atoms with E-state index in [1.807, 2.05) is 17.3 Å². The molecule has 0 spiro atoms. The number of aromatic nitrogens is 1. The number of carbonyl (C=O) groups excluding carboxylic acids is 1. The van der Waals surface area contributed by atoms with Crippen molar-refractivity contribution in [2.75, 3.05) is 13.7 Å². The third-order valence-corrected chi connectivity index (χ3v) is 6.69. The highest BCUT2D eigenvalue weighted by molar-refractivity contribution is 7.09. The quantitative estimate of drug-likeness (QED) is 0.851. The SMILES string of the molecule is CN(C(=O)Cc1csc(C(C)(C)C)n1)[C@@H]1[C@@H]2CCO[C@H]2C1(C)C. The molecule has 1 aromatic rings. The third kappa shape index (κ3) is 2.82. The fraction of sp³-hybridized carbons (Fsp3) is 0.778. The van der Waals surface area contributed by atoms with Gasteiger partial charge in [0.2, 0.25) is 5.91 Å². The van der Waals surface area contributed by atoms with Gasteiger partial charge >= 0.3 is 0 Å². The average molecular weight is 337 g/mol. The first-order valence-electron chi connectivity index (χ1n) is 8.44. The van der Waals surface area contributed by atoms with E-state index >= 15 is 0 Å². The second-order valence-corrected chi connectivity index (χ2v) is 9.44. The molecule has 1 saturated carbocycles. The lowest BCUT2D eigenvalue weighted by Crippen LogP contribution is -2.67. The lowest BCUT2D eigenvalue weighted by molar-refractivity contribution is -0.167. The van der Waals surface area contributed by atoms with E-state index in [-0.39, 0.29) is 22.8 Å². The van der Waals surface area contributed by atoms with Crippen LogP contribution in [0, 0.1) is 11.3 Å². The van der Waals surface area contributed by atoms with Gasteiger partial charge in [-0.3, -0.25) is 4.79 Å². The average Bonchev–Trinajstić information content (AvgIpc) is 3.05. The van der Waals surface area contributed by atoms with Gasteiger partial charge in [0.1, 0.15) is 0 Å².